The van der Waals surface area contributed by atoms with Crippen molar-refractivity contribution in [1.82, 2.24) is 10.1 Å². The molecule has 0 radical (unpaired) electrons. The topological polar surface area (TPSA) is 48.2 Å². The summed E-state index contributed by atoms with van der Waals surface area (Å²) < 4.78 is 10.9. The molecule has 1 aromatic heterocycles. The molecule has 0 spiro atoms. The normalized spacial score (nSPS) is 10.5. The van der Waals surface area contributed by atoms with E-state index in [1.54, 1.807) is 11.8 Å². The van der Waals surface area contributed by atoms with Crippen molar-refractivity contribution in [3.05, 3.63) is 60.4 Å². The third-order valence-electron chi connectivity index (χ3n) is 2.92. The number of aromatic nitrogens is 2. The van der Waals surface area contributed by atoms with Crippen LogP contribution < -0.4 is 4.74 Å². The fraction of sp³-hybridized carbons (Fsp3) is 0.125. The van der Waals surface area contributed by atoms with Gasteiger partial charge in [-0.25, -0.2) is 0 Å². The summed E-state index contributed by atoms with van der Waals surface area (Å²) in [5.74, 6) is 1.83. The first-order valence-electron chi connectivity index (χ1n) is 6.50. The summed E-state index contributed by atoms with van der Waals surface area (Å²) in [6.45, 7) is 0.287. The van der Waals surface area contributed by atoms with Crippen LogP contribution in [0.5, 0.6) is 5.75 Å². The molecular formula is C16H14N2O2S. The zero-order valence-corrected chi connectivity index (χ0v) is 12.3. The Bertz CT molecular complexity index is 696. The van der Waals surface area contributed by atoms with E-state index in [1.165, 1.54) is 4.90 Å². The Labute approximate surface area is 127 Å². The predicted molar refractivity (Wildman–Crippen MR) is 82.3 cm³/mol. The Kier molecular flexibility index (Phi) is 4.21. The van der Waals surface area contributed by atoms with Gasteiger partial charge in [0.1, 0.15) is 5.75 Å². The van der Waals surface area contributed by atoms with E-state index >= 15 is 0 Å². The van der Waals surface area contributed by atoms with Crippen molar-refractivity contribution in [2.75, 3.05) is 6.26 Å². The van der Waals surface area contributed by atoms with Crippen LogP contribution in [0.2, 0.25) is 0 Å². The van der Waals surface area contributed by atoms with Crippen LogP contribution in [0.4, 0.5) is 0 Å². The van der Waals surface area contributed by atoms with Crippen molar-refractivity contribution >= 4 is 11.8 Å². The maximum absolute atomic E-state index is 5.65. The number of rotatable bonds is 5. The summed E-state index contributed by atoms with van der Waals surface area (Å²) in [7, 11) is 0. The molecule has 106 valence electrons. The molecule has 0 bridgehead atoms. The molecule has 0 saturated carbocycles. The molecule has 0 saturated heterocycles. The van der Waals surface area contributed by atoms with Gasteiger partial charge in [0.05, 0.1) is 0 Å². The molecule has 21 heavy (non-hydrogen) atoms. The van der Waals surface area contributed by atoms with Gasteiger partial charge in [0.25, 0.3) is 5.89 Å². The molecule has 4 nitrogen and oxygen atoms in total. The van der Waals surface area contributed by atoms with Crippen LogP contribution >= 0.6 is 11.8 Å². The first-order valence-corrected chi connectivity index (χ1v) is 7.72. The first kappa shape index (κ1) is 13.7. The molecule has 1 heterocycles. The summed E-state index contributed by atoms with van der Waals surface area (Å²) in [4.78, 5) is 5.52. The molecule has 0 atom stereocenters. The van der Waals surface area contributed by atoms with Crippen molar-refractivity contribution in [3.8, 4) is 17.2 Å². The van der Waals surface area contributed by atoms with Crippen molar-refractivity contribution in [1.29, 1.82) is 0 Å². The second-order valence-corrected chi connectivity index (χ2v) is 5.23. The molecule has 0 aliphatic rings. The molecule has 0 aliphatic heterocycles. The van der Waals surface area contributed by atoms with Crippen LogP contribution in [-0.2, 0) is 6.61 Å². The Balaban J connectivity index is 1.64. The minimum absolute atomic E-state index is 0.287. The lowest BCUT2D eigenvalue weighted by Crippen LogP contribution is -1.97. The summed E-state index contributed by atoms with van der Waals surface area (Å²) in [6, 6.07) is 17.6. The van der Waals surface area contributed by atoms with E-state index in [1.807, 2.05) is 60.9 Å². The predicted octanol–water partition coefficient (Wildman–Crippen LogP) is 4.04. The quantitative estimate of drug-likeness (QED) is 0.665. The highest BCUT2D eigenvalue weighted by molar-refractivity contribution is 7.98. The highest BCUT2D eigenvalue weighted by Crippen LogP contribution is 2.20. The third-order valence-corrected chi connectivity index (χ3v) is 3.66. The first-order chi connectivity index (χ1) is 10.3. The van der Waals surface area contributed by atoms with E-state index in [0.717, 1.165) is 11.3 Å². The average Bonchev–Trinajstić information content (AvgIpc) is 3.03. The summed E-state index contributed by atoms with van der Waals surface area (Å²) >= 11 is 1.70. The second kappa shape index (κ2) is 6.45. The van der Waals surface area contributed by atoms with E-state index in [4.69, 9.17) is 9.26 Å². The highest BCUT2D eigenvalue weighted by atomic mass is 32.2. The standard InChI is InChI=1S/C16H14N2O2S/c1-21-14-9-7-13(8-10-14)19-11-15-17-16(20-18-15)12-5-3-2-4-6-12/h2-10H,11H2,1H3. The Hall–Kier alpha value is -2.27. The van der Waals surface area contributed by atoms with Gasteiger partial charge in [0.2, 0.25) is 5.82 Å². The van der Waals surface area contributed by atoms with E-state index < -0.39 is 0 Å². The fourth-order valence-corrected chi connectivity index (χ4v) is 2.24. The van der Waals surface area contributed by atoms with Crippen molar-refractivity contribution in [2.24, 2.45) is 0 Å². The van der Waals surface area contributed by atoms with Gasteiger partial charge in [-0.15, -0.1) is 11.8 Å². The molecule has 0 N–H and O–H groups in total. The lowest BCUT2D eigenvalue weighted by atomic mass is 10.2. The number of benzene rings is 2. The van der Waals surface area contributed by atoms with E-state index in [2.05, 4.69) is 10.1 Å². The minimum Gasteiger partial charge on any atom is -0.485 e. The van der Waals surface area contributed by atoms with Gasteiger partial charge in [0.15, 0.2) is 6.61 Å². The molecule has 2 aromatic carbocycles. The number of hydrogen-bond acceptors (Lipinski definition) is 5. The van der Waals surface area contributed by atoms with Crippen LogP contribution in [-0.4, -0.2) is 16.4 Å². The van der Waals surface area contributed by atoms with Gasteiger partial charge in [-0.2, -0.15) is 4.98 Å². The lowest BCUT2D eigenvalue weighted by molar-refractivity contribution is 0.287. The monoisotopic (exact) mass is 298 g/mol. The third kappa shape index (κ3) is 3.44. The van der Waals surface area contributed by atoms with Crippen molar-refractivity contribution < 1.29 is 9.26 Å². The number of ether oxygens (including phenoxy) is 1. The fourth-order valence-electron chi connectivity index (χ4n) is 1.83. The van der Waals surface area contributed by atoms with E-state index in [0.29, 0.717) is 11.7 Å². The lowest BCUT2D eigenvalue weighted by Gasteiger charge is -2.03. The van der Waals surface area contributed by atoms with Gasteiger partial charge < -0.3 is 9.26 Å². The molecule has 5 heteroatoms. The maximum Gasteiger partial charge on any atom is 0.258 e. The summed E-state index contributed by atoms with van der Waals surface area (Å²) in [5, 5.41) is 3.93. The maximum atomic E-state index is 5.65. The van der Waals surface area contributed by atoms with Crippen LogP contribution in [0.3, 0.4) is 0 Å². The Morgan fingerprint density at radius 2 is 1.81 bits per heavy atom. The highest BCUT2D eigenvalue weighted by Gasteiger charge is 2.08. The zero-order valence-electron chi connectivity index (χ0n) is 11.5. The zero-order chi connectivity index (χ0) is 14.5. The van der Waals surface area contributed by atoms with Crippen LogP contribution in [0, 0.1) is 0 Å². The molecule has 0 fully saturated rings. The van der Waals surface area contributed by atoms with Crippen molar-refractivity contribution in [3.63, 3.8) is 0 Å². The summed E-state index contributed by atoms with van der Waals surface area (Å²) in [5.41, 5.74) is 0.903. The van der Waals surface area contributed by atoms with Crippen LogP contribution in [0.15, 0.2) is 64.0 Å². The number of hydrogen-bond donors (Lipinski definition) is 0. The molecule has 0 amide bonds. The van der Waals surface area contributed by atoms with Crippen LogP contribution in [0.1, 0.15) is 5.82 Å². The van der Waals surface area contributed by atoms with Crippen LogP contribution in [0.25, 0.3) is 11.5 Å². The average molecular weight is 298 g/mol. The van der Waals surface area contributed by atoms with Gasteiger partial charge in [-0.3, -0.25) is 0 Å². The smallest absolute Gasteiger partial charge is 0.258 e. The minimum atomic E-state index is 0.287. The van der Waals surface area contributed by atoms with E-state index in [9.17, 15) is 0 Å². The van der Waals surface area contributed by atoms with E-state index in [-0.39, 0.29) is 6.61 Å². The molecule has 3 rings (SSSR count). The largest absolute Gasteiger partial charge is 0.485 e. The SMILES string of the molecule is CSc1ccc(OCc2noc(-c3ccccc3)n2)cc1. The molecular weight excluding hydrogens is 284 g/mol. The molecule has 0 unspecified atom stereocenters. The van der Waals surface area contributed by atoms with Crippen molar-refractivity contribution in [2.45, 2.75) is 11.5 Å². The Morgan fingerprint density at radius 1 is 1.05 bits per heavy atom. The molecule has 3 aromatic rings. The molecule has 0 aliphatic carbocycles. The van der Waals surface area contributed by atoms with Gasteiger partial charge in [-0.1, -0.05) is 23.4 Å². The number of thioether (sulfide) groups is 1. The second-order valence-electron chi connectivity index (χ2n) is 4.35. The number of nitrogens with zero attached hydrogens (tertiary/aromatic N) is 2. The summed E-state index contributed by atoms with van der Waals surface area (Å²) in [6.07, 6.45) is 2.04. The Morgan fingerprint density at radius 3 is 2.52 bits per heavy atom. The van der Waals surface area contributed by atoms with Gasteiger partial charge in [-0.05, 0) is 42.7 Å². The van der Waals surface area contributed by atoms with Gasteiger partial charge >= 0.3 is 0 Å². The van der Waals surface area contributed by atoms with Gasteiger partial charge in [0, 0.05) is 10.5 Å².